The van der Waals surface area contributed by atoms with E-state index in [0.29, 0.717) is 0 Å². The van der Waals surface area contributed by atoms with Crippen molar-refractivity contribution < 1.29 is 5.11 Å². The average molecular weight is 392 g/mol. The fourth-order valence-corrected chi connectivity index (χ4v) is 3.78. The molecule has 142 valence electrons. The predicted molar refractivity (Wildman–Crippen MR) is 108 cm³/mol. The third-order valence-electron chi connectivity index (χ3n) is 4.45. The summed E-state index contributed by atoms with van der Waals surface area (Å²) in [5.41, 5.74) is 4.66. The Balaban J connectivity index is 1.58. The van der Waals surface area contributed by atoms with Gasteiger partial charge in [-0.3, -0.25) is 0 Å². The summed E-state index contributed by atoms with van der Waals surface area (Å²) in [5, 5.41) is 27.1. The normalized spacial score (nSPS) is 12.2. The number of aliphatic hydroxyl groups is 1. The summed E-state index contributed by atoms with van der Waals surface area (Å²) in [4.78, 5) is 0. The number of aliphatic hydroxyl groups excluding tert-OH is 1. The van der Waals surface area contributed by atoms with E-state index in [2.05, 4.69) is 39.6 Å². The third kappa shape index (κ3) is 3.83. The first-order valence-electron chi connectivity index (χ1n) is 8.87. The Kier molecular flexibility index (Phi) is 5.23. The van der Waals surface area contributed by atoms with Crippen molar-refractivity contribution in [1.82, 2.24) is 29.8 Å². The van der Waals surface area contributed by atoms with Crippen LogP contribution in [0.15, 0.2) is 66.2 Å². The largest absolute Gasteiger partial charge is 0.392 e. The van der Waals surface area contributed by atoms with Crippen molar-refractivity contribution in [2.75, 3.05) is 0 Å². The van der Waals surface area contributed by atoms with Gasteiger partial charge in [-0.05, 0) is 36.2 Å². The zero-order valence-corrected chi connectivity index (χ0v) is 16.4. The molecule has 7 nitrogen and oxygen atoms in total. The molecule has 0 radical (unpaired) electrons. The van der Waals surface area contributed by atoms with E-state index in [1.807, 2.05) is 54.2 Å². The molecule has 0 spiro atoms. The van der Waals surface area contributed by atoms with E-state index in [0.717, 1.165) is 27.7 Å². The summed E-state index contributed by atoms with van der Waals surface area (Å²) in [6, 6.07) is 15.9. The molecule has 0 aliphatic rings. The summed E-state index contributed by atoms with van der Waals surface area (Å²) in [6.45, 7) is 2.15. The predicted octanol–water partition coefficient (Wildman–Crippen LogP) is 3.41. The molecule has 0 fully saturated rings. The van der Waals surface area contributed by atoms with Crippen LogP contribution in [0.25, 0.3) is 16.9 Å². The molecule has 2 aromatic heterocycles. The van der Waals surface area contributed by atoms with Crippen molar-refractivity contribution in [3.8, 4) is 16.9 Å². The van der Waals surface area contributed by atoms with Gasteiger partial charge in [-0.15, -0.1) is 15.3 Å². The second-order valence-corrected chi connectivity index (χ2v) is 7.79. The number of hydrogen-bond acceptors (Lipinski definition) is 6. The molecule has 0 aliphatic heterocycles. The molecule has 0 unspecified atom stereocenters. The SMILES string of the molecule is C[C@H](Sc1nncn1C)c1cccc(-n2cc(-c3cccc(CO)c3)nn2)c1. The fourth-order valence-electron chi connectivity index (χ4n) is 2.88. The molecule has 0 aliphatic carbocycles. The number of hydrogen-bond donors (Lipinski definition) is 1. The van der Waals surface area contributed by atoms with E-state index in [4.69, 9.17) is 0 Å². The molecule has 4 rings (SSSR count). The molecule has 4 aromatic rings. The molecule has 0 saturated carbocycles. The Morgan fingerprint density at radius 2 is 1.96 bits per heavy atom. The summed E-state index contributed by atoms with van der Waals surface area (Å²) < 4.78 is 3.68. The highest BCUT2D eigenvalue weighted by Crippen LogP contribution is 2.33. The average Bonchev–Trinajstić information content (AvgIpc) is 3.38. The van der Waals surface area contributed by atoms with Crippen LogP contribution >= 0.6 is 11.8 Å². The topological polar surface area (TPSA) is 81.7 Å². The summed E-state index contributed by atoms with van der Waals surface area (Å²) in [5.74, 6) is 0. The van der Waals surface area contributed by atoms with Crippen LogP contribution in [0, 0.1) is 0 Å². The van der Waals surface area contributed by atoms with Gasteiger partial charge in [-0.1, -0.05) is 47.3 Å². The molecule has 1 N–H and O–H groups in total. The molecule has 0 bridgehead atoms. The first-order chi connectivity index (χ1) is 13.6. The zero-order valence-electron chi connectivity index (χ0n) is 15.6. The van der Waals surface area contributed by atoms with Crippen molar-refractivity contribution in [3.05, 3.63) is 72.2 Å². The van der Waals surface area contributed by atoms with E-state index < -0.39 is 0 Å². The molecule has 0 amide bonds. The highest BCUT2D eigenvalue weighted by Gasteiger charge is 2.13. The number of aromatic nitrogens is 6. The maximum atomic E-state index is 9.33. The minimum absolute atomic E-state index is 0.00506. The summed E-state index contributed by atoms with van der Waals surface area (Å²) >= 11 is 1.66. The second kappa shape index (κ2) is 7.95. The van der Waals surface area contributed by atoms with Gasteiger partial charge in [0.15, 0.2) is 5.16 Å². The fraction of sp³-hybridized carbons (Fsp3) is 0.200. The van der Waals surface area contributed by atoms with Crippen LogP contribution in [0.3, 0.4) is 0 Å². The van der Waals surface area contributed by atoms with Crippen LogP contribution in [0.4, 0.5) is 0 Å². The zero-order chi connectivity index (χ0) is 19.5. The van der Waals surface area contributed by atoms with Crippen molar-refractivity contribution in [2.45, 2.75) is 23.9 Å². The Hall–Kier alpha value is -2.97. The van der Waals surface area contributed by atoms with Gasteiger partial charge in [0.05, 0.1) is 18.5 Å². The molecule has 28 heavy (non-hydrogen) atoms. The van der Waals surface area contributed by atoms with E-state index in [9.17, 15) is 5.11 Å². The lowest BCUT2D eigenvalue weighted by atomic mass is 10.1. The van der Waals surface area contributed by atoms with Crippen LogP contribution in [-0.2, 0) is 13.7 Å². The Labute approximate surface area is 167 Å². The van der Waals surface area contributed by atoms with Gasteiger partial charge in [0.25, 0.3) is 0 Å². The summed E-state index contributed by atoms with van der Waals surface area (Å²) in [6.07, 6.45) is 3.60. The van der Waals surface area contributed by atoms with Gasteiger partial charge in [0.2, 0.25) is 0 Å². The number of nitrogens with zero attached hydrogens (tertiary/aromatic N) is 6. The maximum absolute atomic E-state index is 9.33. The lowest BCUT2D eigenvalue weighted by molar-refractivity contribution is 0.282. The van der Waals surface area contributed by atoms with Gasteiger partial charge in [0.1, 0.15) is 12.0 Å². The van der Waals surface area contributed by atoms with Gasteiger partial charge in [-0.25, -0.2) is 4.68 Å². The first kappa shape index (κ1) is 18.4. The maximum Gasteiger partial charge on any atom is 0.191 e. The van der Waals surface area contributed by atoms with E-state index in [1.54, 1.807) is 22.8 Å². The second-order valence-electron chi connectivity index (χ2n) is 6.49. The Bertz CT molecular complexity index is 1090. The van der Waals surface area contributed by atoms with Gasteiger partial charge < -0.3 is 9.67 Å². The van der Waals surface area contributed by atoms with Crippen molar-refractivity contribution >= 4 is 11.8 Å². The lowest BCUT2D eigenvalue weighted by Gasteiger charge is -2.12. The molecule has 2 heterocycles. The Morgan fingerprint density at radius 3 is 2.75 bits per heavy atom. The molecule has 1 atom stereocenters. The smallest absolute Gasteiger partial charge is 0.191 e. The van der Waals surface area contributed by atoms with E-state index in [-0.39, 0.29) is 11.9 Å². The Morgan fingerprint density at radius 1 is 1.11 bits per heavy atom. The molecule has 8 heteroatoms. The number of thioether (sulfide) groups is 1. The first-order valence-corrected chi connectivity index (χ1v) is 9.75. The lowest BCUT2D eigenvalue weighted by Crippen LogP contribution is -1.98. The standard InChI is InChI=1S/C20H20N6OS/c1-14(28-20-23-21-13-25(20)2)16-6-4-8-18(10-16)26-11-19(22-24-26)17-7-3-5-15(9-17)12-27/h3-11,13-14,27H,12H2,1-2H3/t14-/m0/s1. The number of rotatable bonds is 6. The third-order valence-corrected chi connectivity index (χ3v) is 5.66. The molecule has 2 aromatic carbocycles. The van der Waals surface area contributed by atoms with Crippen molar-refractivity contribution in [1.29, 1.82) is 0 Å². The van der Waals surface area contributed by atoms with Crippen molar-refractivity contribution in [2.24, 2.45) is 7.05 Å². The molecular formula is C20H20N6OS. The van der Waals surface area contributed by atoms with Crippen LogP contribution in [-0.4, -0.2) is 34.9 Å². The van der Waals surface area contributed by atoms with Gasteiger partial charge in [0, 0.05) is 17.9 Å². The highest BCUT2D eigenvalue weighted by molar-refractivity contribution is 7.99. The van der Waals surface area contributed by atoms with Crippen molar-refractivity contribution in [3.63, 3.8) is 0 Å². The van der Waals surface area contributed by atoms with Crippen LogP contribution < -0.4 is 0 Å². The van der Waals surface area contributed by atoms with Crippen LogP contribution in [0.1, 0.15) is 23.3 Å². The van der Waals surface area contributed by atoms with E-state index >= 15 is 0 Å². The van der Waals surface area contributed by atoms with Gasteiger partial charge in [-0.2, -0.15) is 0 Å². The van der Waals surface area contributed by atoms with E-state index in [1.165, 1.54) is 5.56 Å². The minimum Gasteiger partial charge on any atom is -0.392 e. The number of benzene rings is 2. The van der Waals surface area contributed by atoms with Gasteiger partial charge >= 0.3 is 0 Å². The highest BCUT2D eigenvalue weighted by atomic mass is 32.2. The number of aryl methyl sites for hydroxylation is 1. The molecule has 0 saturated heterocycles. The quantitative estimate of drug-likeness (QED) is 0.507. The summed E-state index contributed by atoms with van der Waals surface area (Å²) in [7, 11) is 1.94. The monoisotopic (exact) mass is 392 g/mol. The minimum atomic E-state index is 0.00506. The van der Waals surface area contributed by atoms with Crippen LogP contribution in [0.2, 0.25) is 0 Å². The van der Waals surface area contributed by atoms with Crippen LogP contribution in [0.5, 0.6) is 0 Å². The molecular weight excluding hydrogens is 372 g/mol.